The van der Waals surface area contributed by atoms with E-state index >= 15 is 0 Å². The van der Waals surface area contributed by atoms with E-state index in [1.54, 1.807) is 18.2 Å². The highest BCUT2D eigenvalue weighted by molar-refractivity contribution is 5.92. The van der Waals surface area contributed by atoms with Crippen LogP contribution in [-0.2, 0) is 6.54 Å². The lowest BCUT2D eigenvalue weighted by Gasteiger charge is -2.02. The maximum Gasteiger partial charge on any atom is 0.272 e. The zero-order valence-corrected chi connectivity index (χ0v) is 10.3. The molecule has 0 aliphatic heterocycles. The third kappa shape index (κ3) is 2.81. The van der Waals surface area contributed by atoms with E-state index in [0.29, 0.717) is 18.2 Å². The summed E-state index contributed by atoms with van der Waals surface area (Å²) in [6.45, 7) is 0.366. The van der Waals surface area contributed by atoms with Gasteiger partial charge in [-0.05, 0) is 36.6 Å². The van der Waals surface area contributed by atoms with Crippen LogP contribution in [0.4, 0.5) is 4.39 Å². The zero-order chi connectivity index (χ0) is 13.2. The molecule has 2 N–H and O–H groups in total. The molecule has 4 nitrogen and oxygen atoms in total. The highest BCUT2D eigenvalue weighted by Crippen LogP contribution is 2.38. The second kappa shape index (κ2) is 4.84. The van der Waals surface area contributed by atoms with Crippen molar-refractivity contribution in [3.8, 4) is 0 Å². The first-order valence-electron chi connectivity index (χ1n) is 6.30. The maximum atomic E-state index is 12.7. The summed E-state index contributed by atoms with van der Waals surface area (Å²) < 4.78 is 12.7. The van der Waals surface area contributed by atoms with Crippen LogP contribution >= 0.6 is 0 Å². The first-order valence-corrected chi connectivity index (χ1v) is 6.30. The summed E-state index contributed by atoms with van der Waals surface area (Å²) in [6.07, 6.45) is 2.33. The topological polar surface area (TPSA) is 57.8 Å². The fourth-order valence-electron chi connectivity index (χ4n) is 1.93. The third-order valence-corrected chi connectivity index (χ3v) is 3.21. The lowest BCUT2D eigenvalue weighted by atomic mass is 10.2. The standard InChI is InChI=1S/C14H14FN3O/c15-11-5-1-9(2-6-11)8-16-14(19)13-7-12(17-18-13)10-3-4-10/h1-2,5-7,10H,3-4,8H2,(H,16,19)(H,17,18). The largest absolute Gasteiger partial charge is 0.347 e. The van der Waals surface area contributed by atoms with Gasteiger partial charge in [0.05, 0.1) is 0 Å². The van der Waals surface area contributed by atoms with Crippen molar-refractivity contribution < 1.29 is 9.18 Å². The number of aromatic nitrogens is 2. The van der Waals surface area contributed by atoms with Crippen molar-refractivity contribution in [1.82, 2.24) is 15.5 Å². The van der Waals surface area contributed by atoms with Gasteiger partial charge in [-0.3, -0.25) is 9.89 Å². The molecule has 0 spiro atoms. The molecule has 2 aromatic rings. The first-order chi connectivity index (χ1) is 9.22. The minimum Gasteiger partial charge on any atom is -0.347 e. The number of hydrogen-bond acceptors (Lipinski definition) is 2. The summed E-state index contributed by atoms with van der Waals surface area (Å²) in [7, 11) is 0. The van der Waals surface area contributed by atoms with Crippen LogP contribution in [0.25, 0.3) is 0 Å². The summed E-state index contributed by atoms with van der Waals surface area (Å²) in [5, 5.41) is 9.66. The second-order valence-corrected chi connectivity index (χ2v) is 4.79. The van der Waals surface area contributed by atoms with Crippen LogP contribution in [-0.4, -0.2) is 16.1 Å². The minimum absolute atomic E-state index is 0.215. The molecular weight excluding hydrogens is 245 g/mol. The van der Waals surface area contributed by atoms with Crippen molar-refractivity contribution in [3.63, 3.8) is 0 Å². The molecule has 0 radical (unpaired) electrons. The van der Waals surface area contributed by atoms with Gasteiger partial charge >= 0.3 is 0 Å². The van der Waals surface area contributed by atoms with Gasteiger partial charge in [0.25, 0.3) is 5.91 Å². The second-order valence-electron chi connectivity index (χ2n) is 4.79. The summed E-state index contributed by atoms with van der Waals surface area (Å²) in [6, 6.07) is 7.85. The van der Waals surface area contributed by atoms with Crippen LogP contribution in [0.15, 0.2) is 30.3 Å². The Bertz CT molecular complexity index is 587. The molecule has 3 rings (SSSR count). The van der Waals surface area contributed by atoms with Gasteiger partial charge in [-0.15, -0.1) is 0 Å². The molecular formula is C14H14FN3O. The van der Waals surface area contributed by atoms with Crippen LogP contribution in [0.5, 0.6) is 0 Å². The molecule has 1 aliphatic rings. The van der Waals surface area contributed by atoms with Crippen LogP contribution in [0.3, 0.4) is 0 Å². The fourth-order valence-corrected chi connectivity index (χ4v) is 1.93. The quantitative estimate of drug-likeness (QED) is 0.885. The average Bonchev–Trinajstić information content (AvgIpc) is 3.15. The summed E-state index contributed by atoms with van der Waals surface area (Å²) >= 11 is 0. The molecule has 5 heteroatoms. The van der Waals surface area contributed by atoms with Crippen LogP contribution in [0.1, 0.15) is 40.5 Å². The number of benzene rings is 1. The number of hydrogen-bond donors (Lipinski definition) is 2. The van der Waals surface area contributed by atoms with E-state index in [4.69, 9.17) is 0 Å². The van der Waals surface area contributed by atoms with Gasteiger partial charge in [-0.1, -0.05) is 12.1 Å². The van der Waals surface area contributed by atoms with Crippen LogP contribution in [0, 0.1) is 5.82 Å². The molecule has 0 bridgehead atoms. The molecule has 1 fully saturated rings. The normalized spacial score (nSPS) is 14.4. The molecule has 1 aromatic heterocycles. The van der Waals surface area contributed by atoms with Gasteiger partial charge in [-0.2, -0.15) is 5.10 Å². The molecule has 1 amide bonds. The zero-order valence-electron chi connectivity index (χ0n) is 10.3. The predicted octanol–water partition coefficient (Wildman–Crippen LogP) is 2.36. The number of halogens is 1. The molecule has 0 saturated heterocycles. The molecule has 1 saturated carbocycles. The van der Waals surface area contributed by atoms with E-state index in [9.17, 15) is 9.18 Å². The number of H-pyrrole nitrogens is 1. The number of carbonyl (C=O) groups is 1. The summed E-state index contributed by atoms with van der Waals surface area (Å²) in [5.41, 5.74) is 2.30. The van der Waals surface area contributed by atoms with Crippen molar-refractivity contribution in [2.45, 2.75) is 25.3 Å². The SMILES string of the molecule is O=C(NCc1ccc(F)cc1)c1cc(C2CC2)[nH]n1. The number of rotatable bonds is 4. The lowest BCUT2D eigenvalue weighted by molar-refractivity contribution is 0.0946. The number of nitrogens with zero attached hydrogens (tertiary/aromatic N) is 1. The number of carbonyl (C=O) groups excluding carboxylic acids is 1. The maximum absolute atomic E-state index is 12.7. The number of amides is 1. The first kappa shape index (κ1) is 11.9. The Morgan fingerprint density at radius 3 is 2.79 bits per heavy atom. The van der Waals surface area contributed by atoms with Crippen molar-refractivity contribution in [2.24, 2.45) is 0 Å². The minimum atomic E-state index is -0.281. The van der Waals surface area contributed by atoms with Gasteiger partial charge in [-0.25, -0.2) is 4.39 Å². The van der Waals surface area contributed by atoms with Gasteiger partial charge in [0.15, 0.2) is 0 Å². The third-order valence-electron chi connectivity index (χ3n) is 3.21. The summed E-state index contributed by atoms with van der Waals surface area (Å²) in [5.74, 6) is 0.0510. The van der Waals surface area contributed by atoms with Gasteiger partial charge in [0.1, 0.15) is 11.5 Å². The monoisotopic (exact) mass is 259 g/mol. The molecule has 1 aliphatic carbocycles. The summed E-state index contributed by atoms with van der Waals surface area (Å²) in [4.78, 5) is 11.9. The van der Waals surface area contributed by atoms with Crippen molar-refractivity contribution in [3.05, 3.63) is 53.1 Å². The van der Waals surface area contributed by atoms with Gasteiger partial charge in [0.2, 0.25) is 0 Å². The van der Waals surface area contributed by atoms with E-state index in [-0.39, 0.29) is 11.7 Å². The lowest BCUT2D eigenvalue weighted by Crippen LogP contribution is -2.23. The van der Waals surface area contributed by atoms with E-state index < -0.39 is 0 Å². The molecule has 0 atom stereocenters. The Hall–Kier alpha value is -2.17. The Morgan fingerprint density at radius 1 is 1.37 bits per heavy atom. The van der Waals surface area contributed by atoms with Crippen LogP contribution < -0.4 is 5.32 Å². The number of aromatic amines is 1. The Kier molecular flexibility index (Phi) is 3.03. The van der Waals surface area contributed by atoms with Gasteiger partial charge in [0, 0.05) is 18.2 Å². The van der Waals surface area contributed by atoms with Gasteiger partial charge < -0.3 is 5.32 Å². The Labute approximate surface area is 110 Å². The van der Waals surface area contributed by atoms with E-state index in [1.165, 1.54) is 25.0 Å². The van der Waals surface area contributed by atoms with Crippen molar-refractivity contribution >= 4 is 5.91 Å². The molecule has 19 heavy (non-hydrogen) atoms. The molecule has 98 valence electrons. The molecule has 1 heterocycles. The average molecular weight is 259 g/mol. The van der Waals surface area contributed by atoms with Crippen LogP contribution in [0.2, 0.25) is 0 Å². The van der Waals surface area contributed by atoms with E-state index in [0.717, 1.165) is 11.3 Å². The molecule has 0 unspecified atom stereocenters. The van der Waals surface area contributed by atoms with Crippen molar-refractivity contribution in [1.29, 1.82) is 0 Å². The predicted molar refractivity (Wildman–Crippen MR) is 68.1 cm³/mol. The fraction of sp³-hybridized carbons (Fsp3) is 0.286. The highest BCUT2D eigenvalue weighted by Gasteiger charge is 2.26. The Balaban J connectivity index is 1.59. The van der Waals surface area contributed by atoms with E-state index in [1.807, 2.05) is 0 Å². The highest BCUT2D eigenvalue weighted by atomic mass is 19.1. The smallest absolute Gasteiger partial charge is 0.272 e. The van der Waals surface area contributed by atoms with Crippen molar-refractivity contribution in [2.75, 3.05) is 0 Å². The number of nitrogens with one attached hydrogen (secondary N) is 2. The molecule has 1 aromatic carbocycles. The Morgan fingerprint density at radius 2 is 2.11 bits per heavy atom. The van der Waals surface area contributed by atoms with E-state index in [2.05, 4.69) is 15.5 Å².